The van der Waals surface area contributed by atoms with E-state index in [4.69, 9.17) is 10.00 Å². The Hall–Kier alpha value is -4.35. The lowest BCUT2D eigenvalue weighted by Gasteiger charge is -2.08. The van der Waals surface area contributed by atoms with Gasteiger partial charge < -0.3 is 9.72 Å². The molecule has 138 valence electrons. The second-order valence-corrected chi connectivity index (χ2v) is 6.40. The molecule has 0 saturated heterocycles. The molecule has 0 fully saturated rings. The number of rotatable bonds is 5. The van der Waals surface area contributed by atoms with E-state index in [0.717, 1.165) is 22.2 Å². The molecular formula is C24H16N4O. The number of imidazole rings is 1. The fourth-order valence-corrected chi connectivity index (χ4v) is 2.98. The van der Waals surface area contributed by atoms with Crippen molar-refractivity contribution in [2.45, 2.75) is 6.61 Å². The van der Waals surface area contributed by atoms with Crippen molar-refractivity contribution in [2.24, 2.45) is 0 Å². The number of allylic oxidation sites excluding steroid dienone is 1. The number of aromatic nitrogens is 2. The lowest BCUT2D eigenvalue weighted by Crippen LogP contribution is -1.98. The van der Waals surface area contributed by atoms with Gasteiger partial charge in [0.05, 0.1) is 28.2 Å². The largest absolute Gasteiger partial charge is 0.489 e. The van der Waals surface area contributed by atoms with Crippen molar-refractivity contribution in [3.63, 3.8) is 0 Å². The van der Waals surface area contributed by atoms with E-state index in [1.807, 2.05) is 66.7 Å². The van der Waals surface area contributed by atoms with Crippen molar-refractivity contribution in [3.05, 3.63) is 95.3 Å². The van der Waals surface area contributed by atoms with E-state index in [1.165, 1.54) is 0 Å². The molecule has 0 unspecified atom stereocenters. The number of ether oxygens (including phenoxy) is 1. The van der Waals surface area contributed by atoms with Gasteiger partial charge in [0.2, 0.25) is 0 Å². The van der Waals surface area contributed by atoms with Gasteiger partial charge in [-0.2, -0.15) is 10.5 Å². The predicted octanol–water partition coefficient (Wildman–Crippen LogP) is 5.08. The summed E-state index contributed by atoms with van der Waals surface area (Å²) in [6.45, 7) is 0.321. The minimum Gasteiger partial charge on any atom is -0.489 e. The van der Waals surface area contributed by atoms with Gasteiger partial charge in [-0.05, 0) is 42.0 Å². The second-order valence-electron chi connectivity index (χ2n) is 6.40. The number of fused-ring (bicyclic) bond motifs is 1. The topological polar surface area (TPSA) is 85.5 Å². The highest BCUT2D eigenvalue weighted by molar-refractivity contribution is 5.90. The smallest absolute Gasteiger partial charge is 0.149 e. The van der Waals surface area contributed by atoms with Crippen LogP contribution in [0.5, 0.6) is 5.75 Å². The van der Waals surface area contributed by atoms with Crippen molar-refractivity contribution in [3.8, 4) is 17.9 Å². The summed E-state index contributed by atoms with van der Waals surface area (Å²) in [7, 11) is 0. The molecule has 1 N–H and O–H groups in total. The number of H-pyrrole nitrogens is 1. The van der Waals surface area contributed by atoms with Crippen molar-refractivity contribution in [1.29, 1.82) is 10.5 Å². The van der Waals surface area contributed by atoms with Gasteiger partial charge in [0.25, 0.3) is 0 Å². The Kier molecular flexibility index (Phi) is 5.05. The maximum absolute atomic E-state index is 9.55. The van der Waals surface area contributed by atoms with Crippen LogP contribution in [0.3, 0.4) is 0 Å². The molecule has 1 aromatic heterocycles. The molecule has 0 aliphatic rings. The predicted molar refractivity (Wildman–Crippen MR) is 112 cm³/mol. The number of aromatic amines is 1. The third-order valence-electron chi connectivity index (χ3n) is 4.49. The van der Waals surface area contributed by atoms with E-state index in [2.05, 4.69) is 22.1 Å². The van der Waals surface area contributed by atoms with Crippen LogP contribution in [0.25, 0.3) is 22.7 Å². The quantitative estimate of drug-likeness (QED) is 0.492. The third kappa shape index (κ3) is 4.00. The number of hydrogen-bond acceptors (Lipinski definition) is 4. The lowest BCUT2D eigenvalue weighted by molar-refractivity contribution is 0.306. The number of benzene rings is 3. The van der Waals surface area contributed by atoms with Crippen molar-refractivity contribution in [1.82, 2.24) is 9.97 Å². The van der Waals surface area contributed by atoms with Gasteiger partial charge in [0.15, 0.2) is 0 Å². The van der Waals surface area contributed by atoms with Crippen LogP contribution in [0.2, 0.25) is 0 Å². The van der Waals surface area contributed by atoms with Gasteiger partial charge in [0.1, 0.15) is 24.3 Å². The van der Waals surface area contributed by atoms with Crippen LogP contribution in [0.15, 0.2) is 72.8 Å². The molecule has 0 radical (unpaired) electrons. The zero-order valence-corrected chi connectivity index (χ0v) is 15.5. The molecule has 0 aliphatic heterocycles. The van der Waals surface area contributed by atoms with E-state index in [9.17, 15) is 5.26 Å². The van der Waals surface area contributed by atoms with Crippen LogP contribution < -0.4 is 4.74 Å². The highest BCUT2D eigenvalue weighted by atomic mass is 16.5. The van der Waals surface area contributed by atoms with Crippen LogP contribution in [0, 0.1) is 22.7 Å². The molecule has 0 bridgehead atoms. The minimum atomic E-state index is 0.321. The summed E-state index contributed by atoms with van der Waals surface area (Å²) in [5.41, 5.74) is 4.49. The molecule has 5 nitrogen and oxygen atoms in total. The monoisotopic (exact) mass is 376 g/mol. The van der Waals surface area contributed by atoms with Gasteiger partial charge in [-0.25, -0.2) is 4.98 Å². The van der Waals surface area contributed by atoms with Gasteiger partial charge in [-0.3, -0.25) is 0 Å². The first-order chi connectivity index (χ1) is 14.3. The zero-order valence-electron chi connectivity index (χ0n) is 15.5. The Labute approximate surface area is 168 Å². The Morgan fingerprint density at radius 3 is 2.48 bits per heavy atom. The number of nitrogens with one attached hydrogen (secondary N) is 1. The normalized spacial score (nSPS) is 11.0. The van der Waals surface area contributed by atoms with Crippen molar-refractivity contribution < 1.29 is 4.74 Å². The van der Waals surface area contributed by atoms with Crippen molar-refractivity contribution in [2.75, 3.05) is 0 Å². The summed E-state index contributed by atoms with van der Waals surface area (Å²) >= 11 is 0. The number of para-hydroxylation sites is 2. The summed E-state index contributed by atoms with van der Waals surface area (Å²) in [5, 5.41) is 18.7. The average Bonchev–Trinajstić information content (AvgIpc) is 3.21. The fraction of sp³-hybridized carbons (Fsp3) is 0.0417. The Morgan fingerprint density at radius 1 is 0.966 bits per heavy atom. The molecule has 0 aliphatic carbocycles. The molecule has 29 heavy (non-hydrogen) atoms. The summed E-state index contributed by atoms with van der Waals surface area (Å²) in [6.07, 6.45) is 1.78. The third-order valence-corrected chi connectivity index (χ3v) is 4.49. The average molecular weight is 376 g/mol. The van der Waals surface area contributed by atoms with E-state index in [0.29, 0.717) is 29.3 Å². The Morgan fingerprint density at radius 2 is 1.72 bits per heavy atom. The number of nitrogens with zero attached hydrogens (tertiary/aromatic N) is 3. The van der Waals surface area contributed by atoms with E-state index < -0.39 is 0 Å². The van der Waals surface area contributed by atoms with Crippen molar-refractivity contribution >= 4 is 22.7 Å². The van der Waals surface area contributed by atoms with Crippen LogP contribution in [-0.2, 0) is 6.61 Å². The van der Waals surface area contributed by atoms with Gasteiger partial charge >= 0.3 is 0 Å². The summed E-state index contributed by atoms with van der Waals surface area (Å²) in [4.78, 5) is 7.65. The number of hydrogen-bond donors (Lipinski definition) is 1. The highest BCUT2D eigenvalue weighted by Gasteiger charge is 2.08. The van der Waals surface area contributed by atoms with Crippen LogP contribution >= 0.6 is 0 Å². The van der Waals surface area contributed by atoms with E-state index >= 15 is 0 Å². The Balaban J connectivity index is 1.51. The number of nitriles is 2. The van der Waals surface area contributed by atoms with Crippen LogP contribution in [0.4, 0.5) is 0 Å². The molecule has 3 aromatic carbocycles. The maximum Gasteiger partial charge on any atom is 0.149 e. The Bertz CT molecular complexity index is 1240. The van der Waals surface area contributed by atoms with Gasteiger partial charge in [-0.1, -0.05) is 42.5 Å². The lowest BCUT2D eigenvalue weighted by atomic mass is 10.1. The standard InChI is InChI=1S/C24H16N4O/c25-14-18-5-1-2-6-19(18)16-29-21-11-9-17(10-12-21)13-20(15-26)24-27-22-7-3-4-8-23(22)28-24/h1-13H,16H2,(H,27,28). The highest BCUT2D eigenvalue weighted by Crippen LogP contribution is 2.21. The molecule has 0 spiro atoms. The van der Waals surface area contributed by atoms with E-state index in [-0.39, 0.29) is 0 Å². The molecule has 4 aromatic rings. The summed E-state index contributed by atoms with van der Waals surface area (Å²) in [5.74, 6) is 1.24. The molecule has 0 atom stereocenters. The van der Waals surface area contributed by atoms with Gasteiger partial charge in [0, 0.05) is 5.56 Å². The molecule has 5 heteroatoms. The summed E-state index contributed by atoms with van der Waals surface area (Å²) in [6, 6.07) is 26.9. The first-order valence-electron chi connectivity index (χ1n) is 9.04. The minimum absolute atomic E-state index is 0.321. The van der Waals surface area contributed by atoms with E-state index in [1.54, 1.807) is 12.1 Å². The molecule has 0 saturated carbocycles. The zero-order chi connectivity index (χ0) is 20.1. The van der Waals surface area contributed by atoms with Crippen LogP contribution in [0.1, 0.15) is 22.5 Å². The molecule has 0 amide bonds. The molecular weight excluding hydrogens is 360 g/mol. The van der Waals surface area contributed by atoms with Gasteiger partial charge in [-0.15, -0.1) is 0 Å². The first kappa shape index (κ1) is 18.0. The SMILES string of the molecule is N#CC(=Cc1ccc(OCc2ccccc2C#N)cc1)c1nc2ccccc2[nH]1. The summed E-state index contributed by atoms with van der Waals surface area (Å²) < 4.78 is 5.79. The fourth-order valence-electron chi connectivity index (χ4n) is 2.98. The molecule has 4 rings (SSSR count). The second kappa shape index (κ2) is 8.12. The van der Waals surface area contributed by atoms with Crippen LogP contribution in [-0.4, -0.2) is 9.97 Å². The maximum atomic E-state index is 9.55. The molecule has 1 heterocycles. The first-order valence-corrected chi connectivity index (χ1v) is 9.04.